The van der Waals surface area contributed by atoms with Gasteiger partial charge in [0.25, 0.3) is 5.91 Å². The molecule has 0 unspecified atom stereocenters. The van der Waals surface area contributed by atoms with Crippen LogP contribution in [0.3, 0.4) is 0 Å². The second-order valence-corrected chi connectivity index (χ2v) is 5.81. The molecule has 22 heavy (non-hydrogen) atoms. The van der Waals surface area contributed by atoms with E-state index in [9.17, 15) is 9.18 Å². The van der Waals surface area contributed by atoms with Crippen LogP contribution in [0.1, 0.15) is 40.2 Å². The molecule has 1 aromatic heterocycles. The first kappa shape index (κ1) is 14.7. The number of pyridine rings is 1. The van der Waals surface area contributed by atoms with E-state index in [0.717, 1.165) is 19.4 Å². The van der Waals surface area contributed by atoms with Crippen molar-refractivity contribution >= 4 is 5.91 Å². The SMILES string of the molecule is Cc1ccccc1[C@H]1CCCN(C(=O)c2ccnc(F)c2)C1. The first-order chi connectivity index (χ1) is 10.6. The number of rotatable bonds is 2. The summed E-state index contributed by atoms with van der Waals surface area (Å²) in [4.78, 5) is 17.9. The summed E-state index contributed by atoms with van der Waals surface area (Å²) < 4.78 is 13.2. The van der Waals surface area contributed by atoms with Crippen molar-refractivity contribution in [1.29, 1.82) is 0 Å². The van der Waals surface area contributed by atoms with E-state index in [-0.39, 0.29) is 5.91 Å². The van der Waals surface area contributed by atoms with Crippen molar-refractivity contribution in [3.05, 3.63) is 65.2 Å². The summed E-state index contributed by atoms with van der Waals surface area (Å²) in [6, 6.07) is 11.1. The summed E-state index contributed by atoms with van der Waals surface area (Å²) in [5, 5.41) is 0. The number of aromatic nitrogens is 1. The van der Waals surface area contributed by atoms with Gasteiger partial charge in [0, 0.05) is 36.8 Å². The Labute approximate surface area is 129 Å². The highest BCUT2D eigenvalue weighted by molar-refractivity contribution is 5.94. The van der Waals surface area contributed by atoms with Crippen LogP contribution in [0, 0.1) is 12.9 Å². The minimum absolute atomic E-state index is 0.111. The maximum Gasteiger partial charge on any atom is 0.254 e. The molecule has 0 saturated carbocycles. The Balaban J connectivity index is 1.78. The van der Waals surface area contributed by atoms with Crippen LogP contribution < -0.4 is 0 Å². The average Bonchev–Trinajstić information content (AvgIpc) is 2.55. The van der Waals surface area contributed by atoms with Crippen LogP contribution in [0.15, 0.2) is 42.6 Å². The fourth-order valence-corrected chi connectivity index (χ4v) is 3.18. The molecule has 1 aromatic carbocycles. The maximum atomic E-state index is 13.2. The van der Waals surface area contributed by atoms with Crippen molar-refractivity contribution < 1.29 is 9.18 Å². The third-order valence-electron chi connectivity index (χ3n) is 4.31. The van der Waals surface area contributed by atoms with Gasteiger partial charge < -0.3 is 4.90 Å². The van der Waals surface area contributed by atoms with Gasteiger partial charge in [-0.05, 0) is 37.0 Å². The van der Waals surface area contributed by atoms with Crippen LogP contribution in [-0.2, 0) is 0 Å². The molecule has 4 heteroatoms. The van der Waals surface area contributed by atoms with Crippen molar-refractivity contribution in [3.63, 3.8) is 0 Å². The summed E-state index contributed by atoms with van der Waals surface area (Å²) >= 11 is 0. The van der Waals surface area contributed by atoms with Gasteiger partial charge in [0.2, 0.25) is 5.95 Å². The zero-order valence-electron chi connectivity index (χ0n) is 12.6. The third-order valence-corrected chi connectivity index (χ3v) is 4.31. The van der Waals surface area contributed by atoms with E-state index in [1.807, 2.05) is 17.0 Å². The molecule has 1 saturated heterocycles. The first-order valence-electron chi connectivity index (χ1n) is 7.61. The van der Waals surface area contributed by atoms with Gasteiger partial charge in [0.05, 0.1) is 0 Å². The number of piperidine rings is 1. The molecule has 0 bridgehead atoms. The molecule has 0 aliphatic carbocycles. The van der Waals surface area contributed by atoms with Crippen molar-refractivity contribution in [1.82, 2.24) is 9.88 Å². The Bertz CT molecular complexity index is 686. The Morgan fingerprint density at radius 2 is 2.14 bits per heavy atom. The highest BCUT2D eigenvalue weighted by atomic mass is 19.1. The molecule has 1 fully saturated rings. The highest BCUT2D eigenvalue weighted by Crippen LogP contribution is 2.29. The first-order valence-corrected chi connectivity index (χ1v) is 7.61. The molecular weight excluding hydrogens is 279 g/mol. The number of carbonyl (C=O) groups excluding carboxylic acids is 1. The fourth-order valence-electron chi connectivity index (χ4n) is 3.18. The summed E-state index contributed by atoms with van der Waals surface area (Å²) in [7, 11) is 0. The fraction of sp³-hybridized carbons (Fsp3) is 0.333. The molecule has 1 atom stereocenters. The van der Waals surface area contributed by atoms with Gasteiger partial charge in [-0.1, -0.05) is 24.3 Å². The van der Waals surface area contributed by atoms with Gasteiger partial charge in [0.15, 0.2) is 0 Å². The predicted molar refractivity (Wildman–Crippen MR) is 83.3 cm³/mol. The van der Waals surface area contributed by atoms with E-state index in [1.165, 1.54) is 23.4 Å². The summed E-state index contributed by atoms with van der Waals surface area (Å²) in [5.74, 6) is -0.372. The Hall–Kier alpha value is -2.23. The maximum absolute atomic E-state index is 13.2. The lowest BCUT2D eigenvalue weighted by Gasteiger charge is -2.33. The lowest BCUT2D eigenvalue weighted by molar-refractivity contribution is 0.0706. The van der Waals surface area contributed by atoms with E-state index in [4.69, 9.17) is 0 Å². The molecule has 0 radical (unpaired) electrons. The Kier molecular flexibility index (Phi) is 4.18. The number of halogens is 1. The van der Waals surface area contributed by atoms with Crippen LogP contribution >= 0.6 is 0 Å². The second-order valence-electron chi connectivity index (χ2n) is 5.81. The normalized spacial score (nSPS) is 18.3. The number of hydrogen-bond acceptors (Lipinski definition) is 2. The average molecular weight is 298 g/mol. The van der Waals surface area contributed by atoms with Crippen LogP contribution in [0.4, 0.5) is 4.39 Å². The summed E-state index contributed by atoms with van der Waals surface area (Å²) in [5.41, 5.74) is 2.94. The lowest BCUT2D eigenvalue weighted by Crippen LogP contribution is -2.39. The van der Waals surface area contributed by atoms with Crippen molar-refractivity contribution in [2.24, 2.45) is 0 Å². The van der Waals surface area contributed by atoms with E-state index < -0.39 is 5.95 Å². The minimum Gasteiger partial charge on any atom is -0.338 e. The smallest absolute Gasteiger partial charge is 0.254 e. The Morgan fingerprint density at radius 3 is 2.91 bits per heavy atom. The van der Waals surface area contributed by atoms with Gasteiger partial charge in [-0.25, -0.2) is 4.98 Å². The second kappa shape index (κ2) is 6.26. The van der Waals surface area contributed by atoms with Crippen molar-refractivity contribution in [3.8, 4) is 0 Å². The molecule has 0 spiro atoms. The number of carbonyl (C=O) groups is 1. The molecule has 1 aliphatic rings. The molecular formula is C18H19FN2O. The molecule has 3 rings (SSSR count). The molecule has 0 N–H and O–H groups in total. The molecule has 114 valence electrons. The van der Waals surface area contributed by atoms with E-state index in [0.29, 0.717) is 18.0 Å². The number of hydrogen-bond donors (Lipinski definition) is 0. The summed E-state index contributed by atoms with van der Waals surface area (Å²) in [6.07, 6.45) is 3.39. The van der Waals surface area contributed by atoms with Crippen LogP contribution in [0.25, 0.3) is 0 Å². The standard InChI is InChI=1S/C18H19FN2O/c1-13-5-2-3-7-16(13)15-6-4-10-21(12-15)18(22)14-8-9-20-17(19)11-14/h2-3,5,7-9,11,15H,4,6,10,12H2,1H3/t15-/m0/s1. The van der Waals surface area contributed by atoms with Crippen LogP contribution in [0.2, 0.25) is 0 Å². The number of aryl methyl sites for hydroxylation is 1. The quantitative estimate of drug-likeness (QED) is 0.794. The van der Waals surface area contributed by atoms with Crippen LogP contribution in [-0.4, -0.2) is 28.9 Å². The van der Waals surface area contributed by atoms with Crippen molar-refractivity contribution in [2.75, 3.05) is 13.1 Å². The topological polar surface area (TPSA) is 33.2 Å². The molecule has 1 amide bonds. The zero-order chi connectivity index (χ0) is 15.5. The van der Waals surface area contributed by atoms with Gasteiger partial charge in [-0.3, -0.25) is 4.79 Å². The van der Waals surface area contributed by atoms with Crippen molar-refractivity contribution in [2.45, 2.75) is 25.7 Å². The monoisotopic (exact) mass is 298 g/mol. The number of amides is 1. The predicted octanol–water partition coefficient (Wildman–Crippen LogP) is 3.55. The van der Waals surface area contributed by atoms with E-state index in [2.05, 4.69) is 24.0 Å². The van der Waals surface area contributed by atoms with E-state index >= 15 is 0 Å². The van der Waals surface area contributed by atoms with Gasteiger partial charge in [-0.15, -0.1) is 0 Å². The molecule has 2 heterocycles. The number of nitrogens with zero attached hydrogens (tertiary/aromatic N) is 2. The van der Waals surface area contributed by atoms with Gasteiger partial charge >= 0.3 is 0 Å². The zero-order valence-corrected chi connectivity index (χ0v) is 12.6. The lowest BCUT2D eigenvalue weighted by atomic mass is 9.88. The highest BCUT2D eigenvalue weighted by Gasteiger charge is 2.26. The number of benzene rings is 1. The molecule has 1 aliphatic heterocycles. The van der Waals surface area contributed by atoms with Gasteiger partial charge in [0.1, 0.15) is 0 Å². The van der Waals surface area contributed by atoms with Crippen LogP contribution in [0.5, 0.6) is 0 Å². The Morgan fingerprint density at radius 1 is 1.32 bits per heavy atom. The largest absolute Gasteiger partial charge is 0.338 e. The third kappa shape index (κ3) is 3.01. The molecule has 3 nitrogen and oxygen atoms in total. The van der Waals surface area contributed by atoms with E-state index in [1.54, 1.807) is 6.07 Å². The minimum atomic E-state index is -0.613. The van der Waals surface area contributed by atoms with Gasteiger partial charge in [-0.2, -0.15) is 4.39 Å². The molecule has 2 aromatic rings. The summed E-state index contributed by atoms with van der Waals surface area (Å²) in [6.45, 7) is 3.52. The number of likely N-dealkylation sites (tertiary alicyclic amines) is 1.